The van der Waals surface area contributed by atoms with E-state index in [1.165, 1.54) is 4.57 Å². The van der Waals surface area contributed by atoms with Crippen molar-refractivity contribution >= 4 is 40.2 Å². The molecule has 0 atom stereocenters. The Morgan fingerprint density at radius 1 is 1.45 bits per heavy atom. The first-order valence-electron chi connectivity index (χ1n) is 5.90. The van der Waals surface area contributed by atoms with Gasteiger partial charge < -0.3 is 11.1 Å². The summed E-state index contributed by atoms with van der Waals surface area (Å²) in [5.41, 5.74) is 7.38. The summed E-state index contributed by atoms with van der Waals surface area (Å²) >= 11 is 7.12. The molecule has 2 aromatic rings. The Morgan fingerprint density at radius 3 is 2.70 bits per heavy atom. The normalized spacial score (nSPS) is 10.6. The van der Waals surface area contributed by atoms with Crippen LogP contribution in [0.3, 0.4) is 0 Å². The number of amides is 1. The molecule has 0 aliphatic heterocycles. The van der Waals surface area contributed by atoms with Gasteiger partial charge in [-0.1, -0.05) is 22.9 Å². The zero-order valence-electron chi connectivity index (χ0n) is 11.1. The maximum absolute atomic E-state index is 12.0. The van der Waals surface area contributed by atoms with E-state index in [1.807, 2.05) is 13.8 Å². The van der Waals surface area contributed by atoms with Crippen LogP contribution in [0.25, 0.3) is 0 Å². The standard InChI is InChI=1S/C13H14ClN3O2S/c1-7-8(2)20-13(19)17(7)6-12(18)16-11-4-3-9(15)5-10(11)14/h3-5H,6,15H2,1-2H3,(H,16,18). The highest BCUT2D eigenvalue weighted by atomic mass is 35.5. The van der Waals surface area contributed by atoms with Crippen molar-refractivity contribution in [3.63, 3.8) is 0 Å². The second kappa shape index (κ2) is 5.68. The number of anilines is 2. The van der Waals surface area contributed by atoms with Crippen LogP contribution in [-0.4, -0.2) is 10.5 Å². The number of aromatic nitrogens is 1. The highest BCUT2D eigenvalue weighted by Gasteiger charge is 2.12. The first-order chi connectivity index (χ1) is 9.38. The summed E-state index contributed by atoms with van der Waals surface area (Å²) in [6.07, 6.45) is 0. The summed E-state index contributed by atoms with van der Waals surface area (Å²) in [6, 6.07) is 4.83. The third kappa shape index (κ3) is 3.02. The number of benzene rings is 1. The highest BCUT2D eigenvalue weighted by molar-refractivity contribution is 7.09. The molecule has 7 heteroatoms. The van der Waals surface area contributed by atoms with Gasteiger partial charge in [0.1, 0.15) is 6.54 Å². The second-order valence-corrected chi connectivity index (χ2v) is 5.96. The van der Waals surface area contributed by atoms with E-state index in [4.69, 9.17) is 17.3 Å². The monoisotopic (exact) mass is 311 g/mol. The van der Waals surface area contributed by atoms with Gasteiger partial charge in [-0.15, -0.1) is 0 Å². The zero-order valence-corrected chi connectivity index (χ0v) is 12.6. The molecule has 0 spiro atoms. The van der Waals surface area contributed by atoms with Crippen molar-refractivity contribution in [1.82, 2.24) is 4.57 Å². The average molecular weight is 312 g/mol. The number of aryl methyl sites for hydroxylation is 1. The fourth-order valence-electron chi connectivity index (χ4n) is 1.74. The van der Waals surface area contributed by atoms with Gasteiger partial charge in [0.15, 0.2) is 0 Å². The van der Waals surface area contributed by atoms with Gasteiger partial charge in [-0.05, 0) is 32.0 Å². The Morgan fingerprint density at radius 2 is 2.15 bits per heavy atom. The van der Waals surface area contributed by atoms with Crippen LogP contribution in [0, 0.1) is 13.8 Å². The van der Waals surface area contributed by atoms with Gasteiger partial charge in [-0.25, -0.2) is 0 Å². The number of thiazole rings is 1. The summed E-state index contributed by atoms with van der Waals surface area (Å²) < 4.78 is 1.44. The van der Waals surface area contributed by atoms with Crippen LogP contribution in [0.15, 0.2) is 23.0 Å². The molecule has 106 valence electrons. The Balaban J connectivity index is 2.15. The Hall–Kier alpha value is -1.79. The Labute approximate surface area is 125 Å². The molecule has 1 heterocycles. The molecular formula is C13H14ClN3O2S. The number of rotatable bonds is 3. The third-order valence-corrected chi connectivity index (χ3v) is 4.25. The number of nitrogens with two attached hydrogens (primary N) is 1. The zero-order chi connectivity index (χ0) is 14.9. The molecule has 0 saturated carbocycles. The molecule has 1 aromatic carbocycles. The van der Waals surface area contributed by atoms with Crippen LogP contribution < -0.4 is 15.9 Å². The topological polar surface area (TPSA) is 77.1 Å². The van der Waals surface area contributed by atoms with Gasteiger partial charge in [0, 0.05) is 16.3 Å². The molecule has 3 N–H and O–H groups in total. The fraction of sp³-hybridized carbons (Fsp3) is 0.231. The Bertz CT molecular complexity index is 721. The van der Waals surface area contributed by atoms with Crippen molar-refractivity contribution in [2.24, 2.45) is 0 Å². The lowest BCUT2D eigenvalue weighted by Crippen LogP contribution is -2.25. The molecule has 0 saturated heterocycles. The minimum atomic E-state index is -0.306. The van der Waals surface area contributed by atoms with E-state index in [0.717, 1.165) is 21.9 Å². The summed E-state index contributed by atoms with van der Waals surface area (Å²) in [7, 11) is 0. The molecule has 0 bridgehead atoms. The number of nitrogen functional groups attached to an aromatic ring is 1. The smallest absolute Gasteiger partial charge is 0.308 e. The highest BCUT2D eigenvalue weighted by Crippen LogP contribution is 2.24. The van der Waals surface area contributed by atoms with Crippen LogP contribution in [0.2, 0.25) is 5.02 Å². The summed E-state index contributed by atoms with van der Waals surface area (Å²) in [4.78, 5) is 24.5. The predicted octanol–water partition coefficient (Wildman–Crippen LogP) is 2.40. The molecular weight excluding hydrogens is 298 g/mol. The quantitative estimate of drug-likeness (QED) is 0.854. The minimum absolute atomic E-state index is 0.0320. The first-order valence-corrected chi connectivity index (χ1v) is 7.09. The molecule has 5 nitrogen and oxygen atoms in total. The van der Waals surface area contributed by atoms with Crippen LogP contribution >= 0.6 is 22.9 Å². The number of hydrogen-bond donors (Lipinski definition) is 2. The van der Waals surface area contributed by atoms with Crippen molar-refractivity contribution < 1.29 is 4.79 Å². The SMILES string of the molecule is Cc1sc(=O)n(CC(=O)Nc2ccc(N)cc2Cl)c1C. The van der Waals surface area contributed by atoms with Gasteiger partial charge in [0.05, 0.1) is 10.7 Å². The van der Waals surface area contributed by atoms with Crippen LogP contribution in [0.4, 0.5) is 11.4 Å². The third-order valence-electron chi connectivity index (χ3n) is 2.94. The van der Waals surface area contributed by atoms with Gasteiger partial charge in [0.25, 0.3) is 0 Å². The van der Waals surface area contributed by atoms with E-state index in [-0.39, 0.29) is 17.3 Å². The van der Waals surface area contributed by atoms with E-state index in [2.05, 4.69) is 5.32 Å². The van der Waals surface area contributed by atoms with Crippen molar-refractivity contribution in [3.05, 3.63) is 43.5 Å². The molecule has 0 fully saturated rings. The molecule has 1 amide bonds. The molecule has 1 aromatic heterocycles. The lowest BCUT2D eigenvalue weighted by molar-refractivity contribution is -0.116. The van der Waals surface area contributed by atoms with E-state index in [9.17, 15) is 9.59 Å². The molecule has 0 radical (unpaired) electrons. The van der Waals surface area contributed by atoms with E-state index < -0.39 is 0 Å². The van der Waals surface area contributed by atoms with Gasteiger partial charge in [-0.2, -0.15) is 0 Å². The maximum atomic E-state index is 12.0. The van der Waals surface area contributed by atoms with Crippen LogP contribution in [-0.2, 0) is 11.3 Å². The molecule has 20 heavy (non-hydrogen) atoms. The maximum Gasteiger partial charge on any atom is 0.308 e. The van der Waals surface area contributed by atoms with Gasteiger partial charge >= 0.3 is 4.87 Å². The summed E-state index contributed by atoms with van der Waals surface area (Å²) in [6.45, 7) is 3.64. The summed E-state index contributed by atoms with van der Waals surface area (Å²) in [5, 5.41) is 3.03. The van der Waals surface area contributed by atoms with Gasteiger partial charge in [-0.3, -0.25) is 14.2 Å². The van der Waals surface area contributed by atoms with Crippen molar-refractivity contribution in [3.8, 4) is 0 Å². The number of halogens is 1. The lowest BCUT2D eigenvalue weighted by atomic mass is 10.3. The van der Waals surface area contributed by atoms with Crippen molar-refractivity contribution in [1.29, 1.82) is 0 Å². The second-order valence-electron chi connectivity index (χ2n) is 4.38. The molecule has 0 aliphatic rings. The van der Waals surface area contributed by atoms with Crippen LogP contribution in [0.1, 0.15) is 10.6 Å². The van der Waals surface area contributed by atoms with E-state index in [0.29, 0.717) is 16.4 Å². The number of nitrogens with zero attached hydrogens (tertiary/aromatic N) is 1. The Kier molecular flexibility index (Phi) is 4.15. The largest absolute Gasteiger partial charge is 0.399 e. The average Bonchev–Trinajstić information content (AvgIpc) is 2.60. The molecule has 2 rings (SSSR count). The van der Waals surface area contributed by atoms with E-state index in [1.54, 1.807) is 18.2 Å². The molecule has 0 unspecified atom stereocenters. The minimum Gasteiger partial charge on any atom is -0.399 e. The van der Waals surface area contributed by atoms with E-state index >= 15 is 0 Å². The first kappa shape index (κ1) is 14.6. The van der Waals surface area contributed by atoms with Gasteiger partial charge in [0.2, 0.25) is 5.91 Å². The lowest BCUT2D eigenvalue weighted by Gasteiger charge is -2.09. The number of carbonyl (C=O) groups excluding carboxylic acids is 1. The predicted molar refractivity (Wildman–Crippen MR) is 82.5 cm³/mol. The van der Waals surface area contributed by atoms with Crippen molar-refractivity contribution in [2.45, 2.75) is 20.4 Å². The number of nitrogens with one attached hydrogen (secondary N) is 1. The fourth-order valence-corrected chi connectivity index (χ4v) is 2.80. The summed E-state index contributed by atoms with van der Waals surface area (Å²) in [5.74, 6) is -0.306. The van der Waals surface area contributed by atoms with Crippen molar-refractivity contribution in [2.75, 3.05) is 11.1 Å². The number of hydrogen-bond acceptors (Lipinski definition) is 4. The number of carbonyl (C=O) groups is 1. The molecule has 0 aliphatic carbocycles. The van der Waals surface area contributed by atoms with Crippen LogP contribution in [0.5, 0.6) is 0 Å².